The zero-order valence-corrected chi connectivity index (χ0v) is 11.5. The van der Waals surface area contributed by atoms with E-state index in [4.69, 9.17) is 5.73 Å². The molecule has 1 rings (SSSR count). The van der Waals surface area contributed by atoms with E-state index >= 15 is 0 Å². The minimum atomic E-state index is 0.429. The largest absolute Gasteiger partial charge is 0.327 e. The summed E-state index contributed by atoms with van der Waals surface area (Å²) in [7, 11) is 0. The Morgan fingerprint density at radius 1 is 1.33 bits per heavy atom. The molecule has 0 heterocycles. The number of hydrogen-bond acceptors (Lipinski definition) is 2. The van der Waals surface area contributed by atoms with Crippen LogP contribution in [0.15, 0.2) is 0 Å². The lowest BCUT2D eigenvalue weighted by Gasteiger charge is -2.37. The van der Waals surface area contributed by atoms with Gasteiger partial charge in [0.15, 0.2) is 0 Å². The average Bonchev–Trinajstić information content (AvgIpc) is 2.15. The van der Waals surface area contributed by atoms with Gasteiger partial charge in [0.25, 0.3) is 0 Å². The molecule has 0 radical (unpaired) electrons. The van der Waals surface area contributed by atoms with Crippen molar-refractivity contribution in [2.75, 3.05) is 5.75 Å². The first kappa shape index (κ1) is 13.4. The van der Waals surface area contributed by atoms with Gasteiger partial charge in [-0.1, -0.05) is 34.1 Å². The van der Waals surface area contributed by atoms with Crippen molar-refractivity contribution in [3.8, 4) is 0 Å². The molecule has 5 atom stereocenters. The summed E-state index contributed by atoms with van der Waals surface area (Å²) in [5.41, 5.74) is 6.27. The van der Waals surface area contributed by atoms with Crippen LogP contribution in [0.3, 0.4) is 0 Å². The third kappa shape index (κ3) is 3.99. The maximum absolute atomic E-state index is 6.27. The molecule has 0 aliphatic heterocycles. The van der Waals surface area contributed by atoms with Gasteiger partial charge in [-0.05, 0) is 36.3 Å². The van der Waals surface area contributed by atoms with Crippen LogP contribution in [0.1, 0.15) is 47.0 Å². The van der Waals surface area contributed by atoms with Crippen molar-refractivity contribution >= 4 is 11.8 Å². The lowest BCUT2D eigenvalue weighted by Crippen LogP contribution is -2.43. The number of hydrogen-bond donors (Lipinski definition) is 1. The lowest BCUT2D eigenvalue weighted by atomic mass is 9.80. The van der Waals surface area contributed by atoms with E-state index in [1.165, 1.54) is 25.0 Å². The maximum Gasteiger partial charge on any atom is 0.0224 e. The predicted molar refractivity (Wildman–Crippen MR) is 71.2 cm³/mol. The molecule has 1 nitrogen and oxygen atoms in total. The molecular formula is C13H27NS. The summed E-state index contributed by atoms with van der Waals surface area (Å²) in [6, 6.07) is 0.429. The highest BCUT2D eigenvalue weighted by molar-refractivity contribution is 8.00. The van der Waals surface area contributed by atoms with Gasteiger partial charge < -0.3 is 5.73 Å². The minimum Gasteiger partial charge on any atom is -0.327 e. The Balaban J connectivity index is 2.39. The van der Waals surface area contributed by atoms with Crippen LogP contribution in [0, 0.1) is 17.8 Å². The van der Waals surface area contributed by atoms with E-state index in [1.54, 1.807) is 0 Å². The first-order chi connectivity index (χ1) is 7.04. The zero-order chi connectivity index (χ0) is 11.4. The van der Waals surface area contributed by atoms with Crippen LogP contribution in [0.4, 0.5) is 0 Å². The molecule has 0 aromatic rings. The van der Waals surface area contributed by atoms with Gasteiger partial charge in [-0.25, -0.2) is 0 Å². The Morgan fingerprint density at radius 2 is 2.00 bits per heavy atom. The molecule has 0 aromatic carbocycles. The third-order valence-corrected chi connectivity index (χ3v) is 5.66. The van der Waals surface area contributed by atoms with Gasteiger partial charge in [0, 0.05) is 11.3 Å². The summed E-state index contributed by atoms with van der Waals surface area (Å²) in [4.78, 5) is 0. The Hall–Kier alpha value is 0.310. The molecule has 0 aromatic heterocycles. The molecule has 0 bridgehead atoms. The monoisotopic (exact) mass is 229 g/mol. The molecule has 1 fully saturated rings. The summed E-state index contributed by atoms with van der Waals surface area (Å²) in [6.45, 7) is 9.34. The van der Waals surface area contributed by atoms with Crippen molar-refractivity contribution in [1.82, 2.24) is 0 Å². The Bertz CT molecular complexity index is 171. The van der Waals surface area contributed by atoms with Crippen molar-refractivity contribution < 1.29 is 0 Å². The van der Waals surface area contributed by atoms with Crippen molar-refractivity contribution in [1.29, 1.82) is 0 Å². The van der Waals surface area contributed by atoms with Crippen LogP contribution in [0.2, 0.25) is 0 Å². The number of nitrogens with two attached hydrogens (primary N) is 1. The van der Waals surface area contributed by atoms with Crippen LogP contribution in [0.5, 0.6) is 0 Å². The molecule has 1 saturated carbocycles. The second kappa shape index (κ2) is 6.15. The van der Waals surface area contributed by atoms with E-state index in [1.807, 2.05) is 0 Å². The fraction of sp³-hybridized carbons (Fsp3) is 1.00. The fourth-order valence-electron chi connectivity index (χ4n) is 2.57. The van der Waals surface area contributed by atoms with Crippen molar-refractivity contribution in [3.05, 3.63) is 0 Å². The molecule has 2 heteroatoms. The number of rotatable bonds is 4. The molecule has 2 N–H and O–H groups in total. The molecule has 0 amide bonds. The second-order valence-electron chi connectivity index (χ2n) is 5.53. The van der Waals surface area contributed by atoms with Crippen LogP contribution in [-0.4, -0.2) is 17.0 Å². The SMILES string of the molecule is CCC(C)CSC1C(C)CC(C)CC1N. The first-order valence-corrected chi connectivity index (χ1v) is 7.46. The summed E-state index contributed by atoms with van der Waals surface area (Å²) < 4.78 is 0. The minimum absolute atomic E-state index is 0.429. The number of thioether (sulfide) groups is 1. The second-order valence-corrected chi connectivity index (χ2v) is 6.74. The van der Waals surface area contributed by atoms with Crippen molar-refractivity contribution in [2.45, 2.75) is 58.2 Å². The van der Waals surface area contributed by atoms with Crippen LogP contribution in [0.25, 0.3) is 0 Å². The van der Waals surface area contributed by atoms with Gasteiger partial charge in [0.1, 0.15) is 0 Å². The summed E-state index contributed by atoms with van der Waals surface area (Å²) in [5, 5.41) is 0.704. The maximum atomic E-state index is 6.27. The van der Waals surface area contributed by atoms with Crippen LogP contribution in [-0.2, 0) is 0 Å². The molecule has 15 heavy (non-hydrogen) atoms. The van der Waals surface area contributed by atoms with Crippen molar-refractivity contribution in [2.24, 2.45) is 23.5 Å². The molecule has 1 aliphatic carbocycles. The summed E-state index contributed by atoms with van der Waals surface area (Å²) in [5.74, 6) is 3.76. The molecule has 1 aliphatic rings. The predicted octanol–water partition coefficient (Wildman–Crippen LogP) is 3.53. The van der Waals surface area contributed by atoms with E-state index in [9.17, 15) is 0 Å². The molecule has 0 spiro atoms. The highest BCUT2D eigenvalue weighted by Crippen LogP contribution is 2.36. The van der Waals surface area contributed by atoms with Gasteiger partial charge in [0.05, 0.1) is 0 Å². The quantitative estimate of drug-likeness (QED) is 0.798. The highest BCUT2D eigenvalue weighted by Gasteiger charge is 2.31. The van der Waals surface area contributed by atoms with E-state index in [0.717, 1.165) is 17.8 Å². The third-order valence-electron chi connectivity index (χ3n) is 3.70. The van der Waals surface area contributed by atoms with E-state index in [0.29, 0.717) is 11.3 Å². The normalized spacial score (nSPS) is 39.0. The average molecular weight is 229 g/mol. The van der Waals surface area contributed by atoms with E-state index in [2.05, 4.69) is 39.5 Å². The van der Waals surface area contributed by atoms with Crippen molar-refractivity contribution in [3.63, 3.8) is 0 Å². The van der Waals surface area contributed by atoms with Gasteiger partial charge >= 0.3 is 0 Å². The molecule has 0 saturated heterocycles. The van der Waals surface area contributed by atoms with E-state index < -0.39 is 0 Å². The first-order valence-electron chi connectivity index (χ1n) is 6.41. The van der Waals surface area contributed by atoms with Crippen LogP contribution < -0.4 is 5.73 Å². The fourth-order valence-corrected chi connectivity index (χ4v) is 4.15. The molecule has 5 unspecified atom stereocenters. The lowest BCUT2D eigenvalue weighted by molar-refractivity contribution is 0.279. The van der Waals surface area contributed by atoms with Crippen LogP contribution >= 0.6 is 11.8 Å². The topological polar surface area (TPSA) is 26.0 Å². The Kier molecular flexibility index (Phi) is 5.48. The van der Waals surface area contributed by atoms with E-state index in [-0.39, 0.29) is 0 Å². The van der Waals surface area contributed by atoms with Gasteiger partial charge in [-0.3, -0.25) is 0 Å². The Labute approximate surface area is 99.6 Å². The van der Waals surface area contributed by atoms with Gasteiger partial charge in [0.2, 0.25) is 0 Å². The van der Waals surface area contributed by atoms with Gasteiger partial charge in [-0.2, -0.15) is 11.8 Å². The molecule has 90 valence electrons. The standard InChI is InChI=1S/C13H27NS/c1-5-9(2)8-15-13-11(4)6-10(3)7-12(13)14/h9-13H,5-8,14H2,1-4H3. The molecular weight excluding hydrogens is 202 g/mol. The highest BCUT2D eigenvalue weighted by atomic mass is 32.2. The Morgan fingerprint density at radius 3 is 2.53 bits per heavy atom. The van der Waals surface area contributed by atoms with Gasteiger partial charge in [-0.15, -0.1) is 0 Å². The summed E-state index contributed by atoms with van der Waals surface area (Å²) >= 11 is 2.12. The smallest absolute Gasteiger partial charge is 0.0224 e. The summed E-state index contributed by atoms with van der Waals surface area (Å²) in [6.07, 6.45) is 3.88. The zero-order valence-electron chi connectivity index (χ0n) is 10.7.